The third kappa shape index (κ3) is 6.95. The van der Waals surface area contributed by atoms with Gasteiger partial charge in [0, 0.05) is 93.0 Å². The number of fused-ring (bicyclic) bond motifs is 1. The molecule has 1 aromatic carbocycles. The van der Waals surface area contributed by atoms with Crippen LogP contribution in [0.1, 0.15) is 55.3 Å². The number of nitrogens with zero attached hydrogens (tertiary/aromatic N) is 5. The van der Waals surface area contributed by atoms with Crippen LogP contribution < -0.4 is 5.32 Å². The Morgan fingerprint density at radius 1 is 1.07 bits per heavy atom. The molecule has 1 unspecified atom stereocenters. The minimum absolute atomic E-state index is 0.0219. The summed E-state index contributed by atoms with van der Waals surface area (Å²) in [5.74, 6) is 0.0736. The second kappa shape index (κ2) is 13.4. The Balaban J connectivity index is 1.16. The quantitative estimate of drug-likeness (QED) is 0.409. The first-order chi connectivity index (χ1) is 21.2. The third-order valence-corrected chi connectivity index (χ3v) is 10.4. The molecule has 0 radical (unpaired) electrons. The van der Waals surface area contributed by atoms with Crippen molar-refractivity contribution in [2.75, 3.05) is 51.6 Å². The van der Waals surface area contributed by atoms with Gasteiger partial charge in [0.05, 0.1) is 29.7 Å². The molecule has 9 nitrogen and oxygen atoms in total. The molecule has 2 N–H and O–H groups in total. The number of rotatable bonds is 9. The molecule has 1 atom stereocenters. The molecule has 44 heavy (non-hydrogen) atoms. The lowest BCUT2D eigenvalue weighted by atomic mass is 10.0. The van der Waals surface area contributed by atoms with E-state index in [4.69, 9.17) is 5.10 Å². The predicted octanol–water partition coefficient (Wildman–Crippen LogP) is 3.38. The molecule has 3 saturated heterocycles. The number of halogens is 3. The highest BCUT2D eigenvalue weighted by molar-refractivity contribution is 8.00. The van der Waals surface area contributed by atoms with Gasteiger partial charge in [0.1, 0.15) is 0 Å². The van der Waals surface area contributed by atoms with Crippen molar-refractivity contribution in [3.63, 3.8) is 0 Å². The molecule has 240 valence electrons. The van der Waals surface area contributed by atoms with E-state index in [0.717, 1.165) is 87.4 Å². The van der Waals surface area contributed by atoms with E-state index in [-0.39, 0.29) is 28.5 Å². The average Bonchev–Trinajstić information content (AvgIpc) is 3.77. The van der Waals surface area contributed by atoms with E-state index in [1.54, 1.807) is 4.90 Å². The minimum Gasteiger partial charge on any atom is -0.390 e. The highest BCUT2D eigenvalue weighted by Crippen LogP contribution is 2.40. The SMILES string of the molecule is O=C(CSc1cc(-c2nn(CC(O)CN3CCC(N4CCCC4=O)CC3)c3c2CNCC3)ccc1C(F)(F)F)N1CCCC1. The second-order valence-corrected chi connectivity index (χ2v) is 13.4. The van der Waals surface area contributed by atoms with Crippen LogP contribution in [-0.2, 0) is 35.3 Å². The van der Waals surface area contributed by atoms with Gasteiger partial charge in [0.25, 0.3) is 0 Å². The van der Waals surface area contributed by atoms with Crippen molar-refractivity contribution in [1.82, 2.24) is 29.8 Å². The molecule has 0 saturated carbocycles. The van der Waals surface area contributed by atoms with Gasteiger partial charge in [-0.1, -0.05) is 6.07 Å². The summed E-state index contributed by atoms with van der Waals surface area (Å²) in [7, 11) is 0. The van der Waals surface area contributed by atoms with Crippen molar-refractivity contribution in [3.8, 4) is 11.3 Å². The maximum atomic E-state index is 14.0. The average molecular weight is 635 g/mol. The summed E-state index contributed by atoms with van der Waals surface area (Å²) in [5.41, 5.74) is 2.35. The first kappa shape index (κ1) is 31.4. The van der Waals surface area contributed by atoms with Crippen LogP contribution >= 0.6 is 11.8 Å². The number of carbonyl (C=O) groups excluding carboxylic acids is 2. The van der Waals surface area contributed by atoms with Gasteiger partial charge >= 0.3 is 6.18 Å². The summed E-state index contributed by atoms with van der Waals surface area (Å²) in [6, 6.07) is 4.35. The number of aromatic nitrogens is 2. The molecular formula is C31H41F3N6O3S. The fourth-order valence-corrected chi connectivity index (χ4v) is 8.06. The molecule has 0 spiro atoms. The Morgan fingerprint density at radius 2 is 1.84 bits per heavy atom. The van der Waals surface area contributed by atoms with E-state index in [1.165, 1.54) is 12.1 Å². The maximum absolute atomic E-state index is 14.0. The van der Waals surface area contributed by atoms with Gasteiger partial charge in [-0.15, -0.1) is 11.8 Å². The van der Waals surface area contributed by atoms with Crippen LogP contribution in [0.2, 0.25) is 0 Å². The number of nitrogens with one attached hydrogen (secondary N) is 1. The first-order valence-electron chi connectivity index (χ1n) is 15.8. The Labute approximate surface area is 260 Å². The van der Waals surface area contributed by atoms with Crippen molar-refractivity contribution < 1.29 is 27.9 Å². The Hall–Kier alpha value is -2.61. The number of aliphatic hydroxyl groups is 1. The van der Waals surface area contributed by atoms with Gasteiger partial charge in [-0.2, -0.15) is 18.3 Å². The lowest BCUT2D eigenvalue weighted by Crippen LogP contribution is -2.47. The fraction of sp³-hybridized carbons (Fsp3) is 0.645. The van der Waals surface area contributed by atoms with Crippen molar-refractivity contribution in [3.05, 3.63) is 35.0 Å². The van der Waals surface area contributed by atoms with Crippen LogP contribution in [-0.4, -0.2) is 105 Å². The summed E-state index contributed by atoms with van der Waals surface area (Å²) in [4.78, 5) is 30.8. The molecule has 2 aromatic rings. The number of amides is 2. The van der Waals surface area contributed by atoms with Crippen LogP contribution in [0.3, 0.4) is 0 Å². The molecule has 5 heterocycles. The standard InChI is InChI=1S/C31H41F3N6O3S/c32-31(33,34)25-6-5-21(16-27(25)44-20-29(43)38-11-1-2-12-38)30-24-17-35-10-7-26(24)40(36-30)19-23(41)18-37-14-8-22(9-15-37)39-13-3-4-28(39)42/h5-6,16,22-23,35,41H,1-4,7-15,17-20H2. The van der Waals surface area contributed by atoms with E-state index in [0.29, 0.717) is 56.8 Å². The number of benzene rings is 1. The number of β-amino-alcohol motifs (C(OH)–C–C–N with tert-alkyl or cyclic N) is 1. The van der Waals surface area contributed by atoms with Crippen molar-refractivity contribution >= 4 is 23.6 Å². The summed E-state index contributed by atoms with van der Waals surface area (Å²) in [6.07, 6.45) is 0.751. The first-order valence-corrected chi connectivity index (χ1v) is 16.8. The lowest BCUT2D eigenvalue weighted by molar-refractivity contribution is -0.139. The molecule has 6 rings (SSSR count). The van der Waals surface area contributed by atoms with Gasteiger partial charge in [0.2, 0.25) is 11.8 Å². The van der Waals surface area contributed by atoms with Crippen LogP contribution in [0.5, 0.6) is 0 Å². The van der Waals surface area contributed by atoms with E-state index in [1.807, 2.05) is 9.58 Å². The fourth-order valence-electron chi connectivity index (χ4n) is 7.05. The van der Waals surface area contributed by atoms with Gasteiger partial charge in [-0.3, -0.25) is 14.3 Å². The summed E-state index contributed by atoms with van der Waals surface area (Å²) < 4.78 is 43.7. The van der Waals surface area contributed by atoms with Crippen LogP contribution in [0.4, 0.5) is 13.2 Å². The number of piperidine rings is 1. The van der Waals surface area contributed by atoms with Gasteiger partial charge in [-0.05, 0) is 44.2 Å². The van der Waals surface area contributed by atoms with E-state index >= 15 is 0 Å². The smallest absolute Gasteiger partial charge is 0.390 e. The van der Waals surface area contributed by atoms with E-state index < -0.39 is 17.8 Å². The van der Waals surface area contributed by atoms with Crippen molar-refractivity contribution in [1.29, 1.82) is 0 Å². The van der Waals surface area contributed by atoms with Crippen LogP contribution in [0, 0.1) is 0 Å². The topological polar surface area (TPSA) is 93.9 Å². The molecule has 3 fully saturated rings. The number of aliphatic hydroxyl groups excluding tert-OH is 1. The zero-order valence-corrected chi connectivity index (χ0v) is 25.8. The largest absolute Gasteiger partial charge is 0.417 e. The molecule has 13 heteroatoms. The number of thioether (sulfide) groups is 1. The number of likely N-dealkylation sites (tertiary alicyclic amines) is 3. The third-order valence-electron chi connectivity index (χ3n) is 9.34. The Bertz CT molecular complexity index is 1350. The number of carbonyl (C=O) groups is 2. The Morgan fingerprint density at radius 3 is 2.55 bits per heavy atom. The van der Waals surface area contributed by atoms with Gasteiger partial charge in [0.15, 0.2) is 0 Å². The summed E-state index contributed by atoms with van der Waals surface area (Å²) in [5, 5.41) is 19.3. The summed E-state index contributed by atoms with van der Waals surface area (Å²) >= 11 is 0.932. The normalized spacial score (nSPS) is 20.9. The molecule has 2 amide bonds. The lowest BCUT2D eigenvalue weighted by Gasteiger charge is -2.37. The van der Waals surface area contributed by atoms with E-state index in [2.05, 4.69) is 10.2 Å². The van der Waals surface area contributed by atoms with Gasteiger partial charge < -0.3 is 25.1 Å². The highest BCUT2D eigenvalue weighted by Gasteiger charge is 2.35. The Kier molecular flexibility index (Phi) is 9.55. The summed E-state index contributed by atoms with van der Waals surface area (Å²) in [6.45, 7) is 5.90. The number of hydrogen-bond acceptors (Lipinski definition) is 7. The zero-order valence-electron chi connectivity index (χ0n) is 24.9. The molecule has 0 bridgehead atoms. The minimum atomic E-state index is -4.54. The van der Waals surface area contributed by atoms with E-state index in [9.17, 15) is 27.9 Å². The number of hydrogen-bond donors (Lipinski definition) is 2. The molecule has 4 aliphatic heterocycles. The maximum Gasteiger partial charge on any atom is 0.417 e. The molecular weight excluding hydrogens is 593 g/mol. The van der Waals surface area contributed by atoms with Crippen LogP contribution in [0.25, 0.3) is 11.3 Å². The van der Waals surface area contributed by atoms with Crippen molar-refractivity contribution in [2.45, 2.75) is 81.3 Å². The van der Waals surface area contributed by atoms with Crippen molar-refractivity contribution in [2.24, 2.45) is 0 Å². The molecule has 1 aromatic heterocycles. The van der Waals surface area contributed by atoms with Gasteiger partial charge in [-0.25, -0.2) is 0 Å². The predicted molar refractivity (Wildman–Crippen MR) is 161 cm³/mol. The second-order valence-electron chi connectivity index (χ2n) is 12.3. The zero-order chi connectivity index (χ0) is 30.8. The number of alkyl halides is 3. The van der Waals surface area contributed by atoms with Crippen LogP contribution in [0.15, 0.2) is 23.1 Å². The monoisotopic (exact) mass is 634 g/mol. The highest BCUT2D eigenvalue weighted by atomic mass is 32.2. The molecule has 4 aliphatic rings. The molecule has 0 aliphatic carbocycles.